The Kier molecular flexibility index (Phi) is 8.31. The first-order valence-electron chi connectivity index (χ1n) is 4.50. The highest BCUT2D eigenvalue weighted by atomic mass is 27.1. The van der Waals surface area contributed by atoms with Crippen molar-refractivity contribution in [2.45, 2.75) is 6.42 Å². The van der Waals surface area contributed by atoms with Crippen LogP contribution in [0.25, 0.3) is 0 Å². The molecule has 0 radical (unpaired) electrons. The van der Waals surface area contributed by atoms with E-state index in [9.17, 15) is 0 Å². The summed E-state index contributed by atoms with van der Waals surface area (Å²) in [6.45, 7) is 3.98. The molecular weight excluding hydrogens is 167 g/mol. The van der Waals surface area contributed by atoms with Crippen LogP contribution in [-0.4, -0.2) is 72.7 Å². The van der Waals surface area contributed by atoms with E-state index < -0.39 is 0 Å². The predicted molar refractivity (Wildman–Crippen MR) is 55.2 cm³/mol. The molecule has 0 aliphatic rings. The molecule has 0 aliphatic carbocycles. The lowest BCUT2D eigenvalue weighted by Gasteiger charge is -2.12. The molecule has 0 spiro atoms. The maximum atomic E-state index is 5.45. The molecule has 0 aromatic rings. The van der Waals surface area contributed by atoms with E-state index >= 15 is 0 Å². The molecule has 0 saturated heterocycles. The van der Waals surface area contributed by atoms with Gasteiger partial charge in [0.15, 0.2) is 0 Å². The van der Waals surface area contributed by atoms with Crippen LogP contribution in [0.3, 0.4) is 0 Å². The van der Waals surface area contributed by atoms with Gasteiger partial charge in [0.2, 0.25) is 0 Å². The molecule has 3 nitrogen and oxygen atoms in total. The SMILES string of the molecule is CN(C)CCCOCC[N](C)[AlH2]. The second-order valence-electron chi connectivity index (χ2n) is 3.57. The number of hydrogen-bond acceptors (Lipinski definition) is 3. The Bertz CT molecular complexity index is 87.1. The number of rotatable bonds is 7. The van der Waals surface area contributed by atoms with Crippen LogP contribution in [0.2, 0.25) is 0 Å². The lowest BCUT2D eigenvalue weighted by atomic mass is 10.4. The molecule has 4 heteroatoms. The molecular formula is C8H21AlN2O. The van der Waals surface area contributed by atoms with E-state index in [1.807, 2.05) is 0 Å². The molecule has 0 aliphatic heterocycles. The second-order valence-corrected chi connectivity index (χ2v) is 5.10. The summed E-state index contributed by atoms with van der Waals surface area (Å²) >= 11 is 1.13. The molecule has 12 heavy (non-hydrogen) atoms. The van der Waals surface area contributed by atoms with Crippen molar-refractivity contribution in [1.82, 2.24) is 8.78 Å². The summed E-state index contributed by atoms with van der Waals surface area (Å²) in [5, 5.41) is 0. The van der Waals surface area contributed by atoms with E-state index in [0.29, 0.717) is 0 Å². The molecule has 0 fully saturated rings. The molecule has 72 valence electrons. The lowest BCUT2D eigenvalue weighted by Crippen LogP contribution is -2.21. The van der Waals surface area contributed by atoms with E-state index in [1.54, 1.807) is 0 Å². The summed E-state index contributed by atoms with van der Waals surface area (Å²) in [6, 6.07) is 0. The Labute approximate surface area is 84.3 Å². The predicted octanol–water partition coefficient (Wildman–Crippen LogP) is -0.565. The van der Waals surface area contributed by atoms with Gasteiger partial charge in [0.1, 0.15) is 0 Å². The zero-order valence-electron chi connectivity index (χ0n) is 8.84. The highest BCUT2D eigenvalue weighted by molar-refractivity contribution is 6.04. The highest BCUT2D eigenvalue weighted by Crippen LogP contribution is 1.85. The lowest BCUT2D eigenvalue weighted by molar-refractivity contribution is 0.119. The largest absolute Gasteiger partial charge is 0.391 e. The first-order chi connectivity index (χ1) is 5.63. The Morgan fingerprint density at radius 1 is 1.08 bits per heavy atom. The summed E-state index contributed by atoms with van der Waals surface area (Å²) in [5.41, 5.74) is 0. The molecule has 0 bridgehead atoms. The van der Waals surface area contributed by atoms with Gasteiger partial charge in [-0.15, -0.1) is 0 Å². The Balaban J connectivity index is 2.91. The topological polar surface area (TPSA) is 15.7 Å². The fourth-order valence-corrected chi connectivity index (χ4v) is 1.01. The van der Waals surface area contributed by atoms with Crippen LogP contribution >= 0.6 is 0 Å². The minimum atomic E-state index is 0.882. The minimum Gasteiger partial charge on any atom is -0.391 e. The molecule has 0 heterocycles. The molecule has 0 rings (SSSR count). The Morgan fingerprint density at radius 3 is 2.25 bits per heavy atom. The van der Waals surface area contributed by atoms with Gasteiger partial charge in [0.05, 0.1) is 6.61 Å². The van der Waals surface area contributed by atoms with E-state index in [0.717, 1.165) is 49.2 Å². The van der Waals surface area contributed by atoms with Gasteiger partial charge in [-0.3, -0.25) is 0 Å². The fraction of sp³-hybridized carbons (Fsp3) is 1.00. The van der Waals surface area contributed by atoms with Crippen molar-refractivity contribution >= 4 is 16.5 Å². The number of hydrogen-bond donors (Lipinski definition) is 0. The van der Waals surface area contributed by atoms with E-state index in [2.05, 4.69) is 29.9 Å². The van der Waals surface area contributed by atoms with Gasteiger partial charge in [-0.25, -0.2) is 0 Å². The maximum Gasteiger partial charge on any atom is 0.321 e. The monoisotopic (exact) mass is 188 g/mol. The molecule has 0 N–H and O–H groups in total. The Hall–Kier alpha value is 0.412. The van der Waals surface area contributed by atoms with Crippen LogP contribution in [-0.2, 0) is 4.74 Å². The molecule has 0 amide bonds. The number of nitrogens with zero attached hydrogens (tertiary/aromatic N) is 2. The van der Waals surface area contributed by atoms with Gasteiger partial charge in [-0.05, 0) is 34.1 Å². The van der Waals surface area contributed by atoms with Gasteiger partial charge < -0.3 is 13.5 Å². The summed E-state index contributed by atoms with van der Waals surface area (Å²) in [4.78, 5) is 2.18. The van der Waals surface area contributed by atoms with Crippen molar-refractivity contribution in [1.29, 1.82) is 0 Å². The number of likely N-dealkylation sites (N-methyl/N-ethyl adjacent to an activating group) is 1. The third-order valence-corrected chi connectivity index (χ3v) is 2.02. The summed E-state index contributed by atoms with van der Waals surface area (Å²) in [5.74, 6) is 0. The summed E-state index contributed by atoms with van der Waals surface area (Å²) in [7, 11) is 6.30. The standard InChI is InChI=1S/C8H19N2O.Al.2H/c1-9-5-8-11-7-4-6-10(2)3;;;/h4-8H2,1-3H3;;;/q-1;+1;;. The third kappa shape index (κ3) is 10.4. The van der Waals surface area contributed by atoms with Gasteiger partial charge in [0, 0.05) is 13.2 Å². The van der Waals surface area contributed by atoms with Crippen LogP contribution in [0.15, 0.2) is 0 Å². The molecule has 0 atom stereocenters. The van der Waals surface area contributed by atoms with Gasteiger partial charge >= 0.3 is 16.5 Å². The first kappa shape index (κ1) is 12.4. The summed E-state index contributed by atoms with van der Waals surface area (Å²) in [6.07, 6.45) is 1.14. The first-order valence-corrected chi connectivity index (χ1v) is 5.39. The summed E-state index contributed by atoms with van der Waals surface area (Å²) < 4.78 is 7.72. The average molecular weight is 188 g/mol. The highest BCUT2D eigenvalue weighted by Gasteiger charge is 1.92. The molecule has 0 aromatic carbocycles. The number of ether oxygens (including phenoxy) is 1. The zero-order chi connectivity index (χ0) is 9.40. The van der Waals surface area contributed by atoms with Crippen molar-refractivity contribution in [3.63, 3.8) is 0 Å². The van der Waals surface area contributed by atoms with E-state index in [4.69, 9.17) is 4.74 Å². The van der Waals surface area contributed by atoms with Crippen molar-refractivity contribution in [2.24, 2.45) is 0 Å². The zero-order valence-corrected chi connectivity index (χ0v) is 10.8. The Morgan fingerprint density at radius 2 is 1.75 bits per heavy atom. The average Bonchev–Trinajstić information content (AvgIpc) is 1.95. The fourth-order valence-electron chi connectivity index (χ4n) is 0.832. The molecule has 0 saturated carbocycles. The van der Waals surface area contributed by atoms with Gasteiger partial charge in [-0.2, -0.15) is 0 Å². The van der Waals surface area contributed by atoms with Crippen molar-refractivity contribution < 1.29 is 4.74 Å². The van der Waals surface area contributed by atoms with Gasteiger partial charge in [0.25, 0.3) is 0 Å². The molecule has 0 aromatic heterocycles. The van der Waals surface area contributed by atoms with Crippen molar-refractivity contribution in [2.75, 3.05) is 47.4 Å². The van der Waals surface area contributed by atoms with Crippen LogP contribution in [0.4, 0.5) is 0 Å². The second kappa shape index (κ2) is 8.03. The van der Waals surface area contributed by atoms with E-state index in [-0.39, 0.29) is 0 Å². The van der Waals surface area contributed by atoms with Crippen molar-refractivity contribution in [3.05, 3.63) is 0 Å². The molecule has 0 unspecified atom stereocenters. The van der Waals surface area contributed by atoms with Gasteiger partial charge in [-0.1, -0.05) is 0 Å². The third-order valence-electron chi connectivity index (χ3n) is 1.58. The quantitative estimate of drug-likeness (QED) is 0.393. The van der Waals surface area contributed by atoms with Crippen LogP contribution in [0, 0.1) is 0 Å². The van der Waals surface area contributed by atoms with Crippen LogP contribution < -0.4 is 0 Å². The van der Waals surface area contributed by atoms with E-state index in [1.165, 1.54) is 0 Å². The maximum absolute atomic E-state index is 5.45. The smallest absolute Gasteiger partial charge is 0.321 e. The van der Waals surface area contributed by atoms with Crippen molar-refractivity contribution in [3.8, 4) is 0 Å². The minimum absolute atomic E-state index is 0.882. The van der Waals surface area contributed by atoms with Crippen LogP contribution in [0.1, 0.15) is 6.42 Å². The normalized spacial score (nSPS) is 11.4. The van der Waals surface area contributed by atoms with Crippen LogP contribution in [0.5, 0.6) is 0 Å².